The molecule has 3 aliphatic rings. The molecule has 3 heterocycles. The number of nitro benzene ring substituents is 2. The number of ketones is 2. The number of imide groups is 1. The van der Waals surface area contributed by atoms with E-state index in [9.17, 15) is 39.4 Å². The fourth-order valence-electron chi connectivity index (χ4n) is 5.06. The molecule has 2 saturated heterocycles. The first-order valence-electron chi connectivity index (χ1n) is 10.8. The summed E-state index contributed by atoms with van der Waals surface area (Å²) in [6.45, 7) is 0. The molecule has 5 rings (SSSR count). The van der Waals surface area contributed by atoms with Gasteiger partial charge in [0.15, 0.2) is 11.6 Å². The van der Waals surface area contributed by atoms with Gasteiger partial charge < -0.3 is 4.90 Å². The maximum atomic E-state index is 13.3. The van der Waals surface area contributed by atoms with Gasteiger partial charge in [0.1, 0.15) is 11.6 Å². The van der Waals surface area contributed by atoms with Crippen LogP contribution in [0.15, 0.2) is 73.0 Å². The molecule has 12 heteroatoms. The van der Waals surface area contributed by atoms with E-state index in [0.29, 0.717) is 11.8 Å². The predicted octanol–water partition coefficient (Wildman–Crippen LogP) is 2.20. The summed E-state index contributed by atoms with van der Waals surface area (Å²) >= 11 is 0. The lowest BCUT2D eigenvalue weighted by molar-refractivity contribution is -0.394. The number of para-hydroxylation sites is 1. The van der Waals surface area contributed by atoms with Gasteiger partial charge >= 0.3 is 0 Å². The van der Waals surface area contributed by atoms with Gasteiger partial charge in [-0.15, -0.1) is 0 Å². The van der Waals surface area contributed by atoms with E-state index in [0.717, 1.165) is 23.1 Å². The maximum absolute atomic E-state index is 13.3. The van der Waals surface area contributed by atoms with Crippen molar-refractivity contribution in [2.45, 2.75) is 12.1 Å². The summed E-state index contributed by atoms with van der Waals surface area (Å²) in [7, 11) is 0. The quantitative estimate of drug-likeness (QED) is 0.195. The molecule has 2 amide bonds. The molecule has 2 aromatic rings. The zero-order valence-electron chi connectivity index (χ0n) is 18.3. The summed E-state index contributed by atoms with van der Waals surface area (Å²) in [5.41, 5.74) is -1.26. The van der Waals surface area contributed by atoms with E-state index in [1.807, 2.05) is 0 Å². The summed E-state index contributed by atoms with van der Waals surface area (Å²) in [6.07, 6.45) is 5.06. The van der Waals surface area contributed by atoms with Gasteiger partial charge in [-0.3, -0.25) is 39.4 Å². The number of anilines is 1. The van der Waals surface area contributed by atoms with Crippen LogP contribution in [0.4, 0.5) is 17.1 Å². The lowest BCUT2D eigenvalue weighted by atomic mass is 9.90. The number of benzene rings is 2. The summed E-state index contributed by atoms with van der Waals surface area (Å²) in [5, 5.41) is 22.3. The number of non-ortho nitro benzene ring substituents is 1. The minimum atomic E-state index is -1.02. The van der Waals surface area contributed by atoms with E-state index in [1.54, 1.807) is 30.3 Å². The van der Waals surface area contributed by atoms with Gasteiger partial charge in [-0.25, -0.2) is 4.90 Å². The Hall–Kier alpha value is -5.00. The van der Waals surface area contributed by atoms with Gasteiger partial charge in [0, 0.05) is 18.3 Å². The van der Waals surface area contributed by atoms with E-state index in [-0.39, 0.29) is 5.56 Å². The third-order valence-electron chi connectivity index (χ3n) is 6.59. The standard InChI is InChI=1S/C24H16N4O8/c29-18(15-7-6-14(27(33)34)12-17(15)28(35)36)10-11-25-16-8-9-19(30)22(25)21-20(16)23(31)26(24(21)32)13-4-2-1-3-5-13/h1-12,16,20-22H/b11-10+. The van der Waals surface area contributed by atoms with Crippen molar-refractivity contribution in [2.75, 3.05) is 4.90 Å². The number of hydrogen-bond acceptors (Lipinski definition) is 9. The van der Waals surface area contributed by atoms with Gasteiger partial charge in [-0.2, -0.15) is 0 Å². The first-order valence-corrected chi connectivity index (χ1v) is 10.8. The molecule has 3 aliphatic heterocycles. The number of nitro groups is 2. The number of carbonyl (C=O) groups excluding carboxylic acids is 4. The van der Waals surface area contributed by atoms with Crippen molar-refractivity contribution < 1.29 is 29.0 Å². The average molecular weight is 488 g/mol. The smallest absolute Gasteiger partial charge is 0.287 e. The Balaban J connectivity index is 1.46. The number of carbonyl (C=O) groups is 4. The second-order valence-electron chi connectivity index (χ2n) is 8.44. The summed E-state index contributed by atoms with van der Waals surface area (Å²) in [5.74, 6) is -4.02. The third-order valence-corrected chi connectivity index (χ3v) is 6.59. The molecule has 2 fully saturated rings. The number of fused-ring (bicyclic) bond motifs is 5. The molecule has 0 aliphatic carbocycles. The molecule has 4 atom stereocenters. The van der Waals surface area contributed by atoms with E-state index in [1.165, 1.54) is 23.3 Å². The minimum absolute atomic E-state index is 0.379. The Kier molecular flexibility index (Phi) is 5.28. The van der Waals surface area contributed by atoms with Gasteiger partial charge in [0.25, 0.3) is 11.4 Å². The topological polar surface area (TPSA) is 161 Å². The molecule has 36 heavy (non-hydrogen) atoms. The van der Waals surface area contributed by atoms with Crippen molar-refractivity contribution in [3.63, 3.8) is 0 Å². The second-order valence-corrected chi connectivity index (χ2v) is 8.44. The van der Waals surface area contributed by atoms with Crippen molar-refractivity contribution in [1.29, 1.82) is 0 Å². The van der Waals surface area contributed by atoms with E-state index >= 15 is 0 Å². The van der Waals surface area contributed by atoms with Crippen LogP contribution in [0.1, 0.15) is 10.4 Å². The van der Waals surface area contributed by atoms with Crippen LogP contribution in [0.25, 0.3) is 0 Å². The Bertz CT molecular complexity index is 1420. The molecule has 12 nitrogen and oxygen atoms in total. The monoisotopic (exact) mass is 488 g/mol. The predicted molar refractivity (Wildman–Crippen MR) is 123 cm³/mol. The zero-order valence-corrected chi connectivity index (χ0v) is 18.3. The number of amides is 2. The number of hydrogen-bond donors (Lipinski definition) is 0. The fourth-order valence-corrected chi connectivity index (χ4v) is 5.06. The second kappa shape index (κ2) is 8.34. The first kappa shape index (κ1) is 22.8. The number of nitrogens with zero attached hydrogens (tertiary/aromatic N) is 4. The summed E-state index contributed by atoms with van der Waals surface area (Å²) in [4.78, 5) is 75.2. The highest BCUT2D eigenvalue weighted by atomic mass is 16.6. The largest absolute Gasteiger partial charge is 0.359 e. The van der Waals surface area contributed by atoms with Crippen LogP contribution >= 0.6 is 0 Å². The lowest BCUT2D eigenvalue weighted by Gasteiger charge is -2.32. The molecule has 0 aromatic heterocycles. The maximum Gasteiger partial charge on any atom is 0.287 e. The van der Waals surface area contributed by atoms with Gasteiger partial charge in [0.2, 0.25) is 11.8 Å². The molecule has 0 radical (unpaired) electrons. The molecule has 2 bridgehead atoms. The molecular formula is C24H16N4O8. The molecule has 4 unspecified atom stereocenters. The van der Waals surface area contributed by atoms with E-state index < -0.39 is 68.5 Å². The highest BCUT2D eigenvalue weighted by Gasteiger charge is 2.63. The van der Waals surface area contributed by atoms with Gasteiger partial charge in [-0.1, -0.05) is 24.3 Å². The van der Waals surface area contributed by atoms with Crippen LogP contribution in [-0.2, 0) is 14.4 Å². The molecule has 180 valence electrons. The zero-order chi connectivity index (χ0) is 25.7. The first-order chi connectivity index (χ1) is 17.2. The Labute approximate surface area is 202 Å². The van der Waals surface area contributed by atoms with Crippen molar-refractivity contribution in [3.8, 4) is 0 Å². The Morgan fingerprint density at radius 3 is 2.28 bits per heavy atom. The van der Waals surface area contributed by atoms with Crippen molar-refractivity contribution >= 4 is 40.4 Å². The number of allylic oxidation sites excluding steroid dienone is 1. The van der Waals surface area contributed by atoms with Crippen molar-refractivity contribution in [1.82, 2.24) is 4.90 Å². The highest BCUT2D eigenvalue weighted by Crippen LogP contribution is 2.46. The average Bonchev–Trinajstić information content (AvgIpc) is 3.26. The Morgan fingerprint density at radius 2 is 1.61 bits per heavy atom. The van der Waals surface area contributed by atoms with Crippen LogP contribution in [0, 0.1) is 32.1 Å². The normalized spacial score (nSPS) is 24.5. The van der Waals surface area contributed by atoms with Crippen LogP contribution in [0.2, 0.25) is 0 Å². The van der Waals surface area contributed by atoms with Crippen LogP contribution in [0.3, 0.4) is 0 Å². The lowest BCUT2D eigenvalue weighted by Crippen LogP contribution is -2.46. The van der Waals surface area contributed by atoms with Gasteiger partial charge in [0.05, 0.1) is 39.5 Å². The van der Waals surface area contributed by atoms with Crippen LogP contribution in [0.5, 0.6) is 0 Å². The van der Waals surface area contributed by atoms with Crippen molar-refractivity contribution in [2.24, 2.45) is 11.8 Å². The summed E-state index contributed by atoms with van der Waals surface area (Å²) in [6, 6.07) is 9.32. The van der Waals surface area contributed by atoms with Crippen LogP contribution in [-0.4, -0.2) is 50.2 Å². The van der Waals surface area contributed by atoms with E-state index in [2.05, 4.69) is 0 Å². The number of rotatable bonds is 6. The van der Waals surface area contributed by atoms with Crippen LogP contribution < -0.4 is 4.90 Å². The fraction of sp³-hybridized carbons (Fsp3) is 0.167. The minimum Gasteiger partial charge on any atom is -0.359 e. The molecular weight excluding hydrogens is 472 g/mol. The SMILES string of the molecule is O=C(/C=C/N1C2C=CC(=O)C1C1C(=O)N(c3ccccc3)C(=O)C12)c1ccc([N+](=O)[O-])cc1[N+](=O)[O-]. The van der Waals surface area contributed by atoms with E-state index in [4.69, 9.17) is 0 Å². The molecule has 0 N–H and O–H groups in total. The Morgan fingerprint density at radius 1 is 0.917 bits per heavy atom. The third kappa shape index (κ3) is 3.38. The molecule has 0 saturated carbocycles. The van der Waals surface area contributed by atoms with Crippen molar-refractivity contribution in [3.05, 3.63) is 98.8 Å². The van der Waals surface area contributed by atoms with Gasteiger partial charge in [-0.05, 0) is 24.3 Å². The molecule has 0 spiro atoms. The molecule has 2 aromatic carbocycles. The summed E-state index contributed by atoms with van der Waals surface area (Å²) < 4.78 is 0. The highest BCUT2D eigenvalue weighted by molar-refractivity contribution is 6.24.